The first-order valence-corrected chi connectivity index (χ1v) is 6.71. The Morgan fingerprint density at radius 2 is 1.33 bits per heavy atom. The number of halogens is 3. The fourth-order valence-electron chi connectivity index (χ4n) is 2.11. The summed E-state index contributed by atoms with van der Waals surface area (Å²) in [4.78, 5) is 4.30. The van der Waals surface area contributed by atoms with Crippen LogP contribution in [-0.4, -0.2) is 17.9 Å². The van der Waals surface area contributed by atoms with Crippen molar-refractivity contribution in [3.63, 3.8) is 0 Å². The quantitative estimate of drug-likeness (QED) is 0.713. The van der Waals surface area contributed by atoms with E-state index >= 15 is 0 Å². The summed E-state index contributed by atoms with van der Waals surface area (Å²) in [5.74, 6) is 0. The van der Waals surface area contributed by atoms with E-state index in [-0.39, 0.29) is 0 Å². The Morgan fingerprint density at radius 1 is 0.905 bits per heavy atom. The van der Waals surface area contributed by atoms with E-state index < -0.39 is 18.6 Å². The number of aliphatic imine (C=N–C) groups is 1. The Kier molecular flexibility index (Phi) is 4.78. The second-order valence-corrected chi connectivity index (χ2v) is 4.88. The van der Waals surface area contributed by atoms with Gasteiger partial charge >= 0.3 is 6.18 Å². The van der Waals surface area contributed by atoms with Gasteiger partial charge in [0.05, 0.1) is 18.2 Å². The summed E-state index contributed by atoms with van der Waals surface area (Å²) in [5.41, 5.74) is 2.23. The smallest absolute Gasteiger partial charge is 0.281 e. The van der Waals surface area contributed by atoms with E-state index in [1.807, 2.05) is 60.7 Å². The molecule has 0 bridgehead atoms. The Hall–Kier alpha value is -2.10. The Morgan fingerprint density at radius 3 is 1.71 bits per heavy atom. The molecule has 4 heteroatoms. The Balaban J connectivity index is 2.38. The van der Waals surface area contributed by atoms with Gasteiger partial charge in [-0.1, -0.05) is 60.7 Å². The van der Waals surface area contributed by atoms with Crippen LogP contribution in [0.1, 0.15) is 24.5 Å². The topological polar surface area (TPSA) is 12.4 Å². The van der Waals surface area contributed by atoms with Crippen LogP contribution in [0.4, 0.5) is 13.2 Å². The summed E-state index contributed by atoms with van der Waals surface area (Å²) in [6, 6.07) is 17.7. The van der Waals surface area contributed by atoms with E-state index in [2.05, 4.69) is 4.99 Å². The second kappa shape index (κ2) is 6.57. The molecule has 0 aliphatic carbocycles. The van der Waals surface area contributed by atoms with E-state index in [1.54, 1.807) is 0 Å². The standard InChI is InChI=1S/C17H16F3N/c1-13(12-17(18,19)20)21-16(14-8-4-2-5-9-14)15-10-6-3-7-11-15/h2-11,13H,12H2,1H3. The summed E-state index contributed by atoms with van der Waals surface area (Å²) in [6.07, 6.45) is -5.13. The highest BCUT2D eigenvalue weighted by Crippen LogP contribution is 2.23. The Bertz CT molecular complexity index is 547. The minimum atomic E-state index is -4.21. The summed E-state index contributed by atoms with van der Waals surface area (Å²) < 4.78 is 37.5. The molecule has 0 spiro atoms. The van der Waals surface area contributed by atoms with Crippen molar-refractivity contribution in [3.05, 3.63) is 71.8 Å². The average molecular weight is 291 g/mol. The van der Waals surface area contributed by atoms with Crippen LogP contribution in [0, 0.1) is 0 Å². The van der Waals surface area contributed by atoms with Crippen molar-refractivity contribution in [2.24, 2.45) is 4.99 Å². The van der Waals surface area contributed by atoms with E-state index in [1.165, 1.54) is 6.92 Å². The van der Waals surface area contributed by atoms with Crippen LogP contribution in [0.5, 0.6) is 0 Å². The van der Waals surface area contributed by atoms with E-state index in [0.717, 1.165) is 11.1 Å². The summed E-state index contributed by atoms with van der Waals surface area (Å²) in [6.45, 7) is 1.49. The van der Waals surface area contributed by atoms with Crippen LogP contribution in [0.3, 0.4) is 0 Å². The Labute approximate surface area is 122 Å². The van der Waals surface area contributed by atoms with Gasteiger partial charge in [-0.05, 0) is 6.92 Å². The molecule has 0 amide bonds. The second-order valence-electron chi connectivity index (χ2n) is 4.88. The predicted molar refractivity (Wildman–Crippen MR) is 78.7 cm³/mol. The number of rotatable bonds is 4. The van der Waals surface area contributed by atoms with E-state index in [9.17, 15) is 13.2 Å². The molecule has 1 atom stereocenters. The lowest BCUT2D eigenvalue weighted by Gasteiger charge is -2.14. The molecule has 2 rings (SSSR count). The molecular formula is C17H16F3N. The molecule has 0 aliphatic rings. The maximum atomic E-state index is 12.5. The van der Waals surface area contributed by atoms with Gasteiger partial charge in [0.25, 0.3) is 0 Å². The molecule has 0 heterocycles. The number of benzene rings is 2. The normalized spacial score (nSPS) is 12.8. The highest BCUT2D eigenvalue weighted by atomic mass is 19.4. The van der Waals surface area contributed by atoms with Gasteiger partial charge in [-0.25, -0.2) is 0 Å². The van der Waals surface area contributed by atoms with Crippen LogP contribution >= 0.6 is 0 Å². The van der Waals surface area contributed by atoms with Gasteiger partial charge in [0.2, 0.25) is 0 Å². The minimum Gasteiger partial charge on any atom is -0.281 e. The third kappa shape index (κ3) is 4.74. The lowest BCUT2D eigenvalue weighted by atomic mass is 10.0. The number of nitrogens with zero attached hydrogens (tertiary/aromatic N) is 1. The van der Waals surface area contributed by atoms with Crippen molar-refractivity contribution in [1.29, 1.82) is 0 Å². The van der Waals surface area contributed by atoms with Crippen LogP contribution in [-0.2, 0) is 0 Å². The zero-order valence-electron chi connectivity index (χ0n) is 11.6. The van der Waals surface area contributed by atoms with Crippen LogP contribution < -0.4 is 0 Å². The molecule has 0 aromatic heterocycles. The van der Waals surface area contributed by atoms with E-state index in [0.29, 0.717) is 5.71 Å². The number of alkyl halides is 3. The molecule has 2 aromatic rings. The SMILES string of the molecule is CC(CC(F)(F)F)N=C(c1ccccc1)c1ccccc1. The summed E-state index contributed by atoms with van der Waals surface area (Å²) >= 11 is 0. The van der Waals surface area contributed by atoms with Crippen LogP contribution in [0.25, 0.3) is 0 Å². The fourth-order valence-corrected chi connectivity index (χ4v) is 2.11. The maximum Gasteiger partial charge on any atom is 0.391 e. The van der Waals surface area contributed by atoms with Crippen molar-refractivity contribution in [2.45, 2.75) is 25.6 Å². The number of hydrogen-bond donors (Lipinski definition) is 0. The van der Waals surface area contributed by atoms with Gasteiger partial charge < -0.3 is 0 Å². The molecular weight excluding hydrogens is 275 g/mol. The number of hydrogen-bond acceptors (Lipinski definition) is 1. The molecule has 0 N–H and O–H groups in total. The molecule has 1 unspecified atom stereocenters. The third-order valence-corrected chi connectivity index (χ3v) is 2.97. The van der Waals surface area contributed by atoms with Gasteiger partial charge in [-0.2, -0.15) is 13.2 Å². The molecule has 0 aliphatic heterocycles. The van der Waals surface area contributed by atoms with Gasteiger partial charge in [0.1, 0.15) is 0 Å². The highest BCUT2D eigenvalue weighted by molar-refractivity contribution is 6.12. The van der Waals surface area contributed by atoms with Gasteiger partial charge in [0, 0.05) is 11.1 Å². The zero-order chi connectivity index (χ0) is 15.3. The van der Waals surface area contributed by atoms with Crippen molar-refractivity contribution < 1.29 is 13.2 Å². The maximum absolute atomic E-state index is 12.5. The lowest BCUT2D eigenvalue weighted by molar-refractivity contribution is -0.137. The van der Waals surface area contributed by atoms with Gasteiger partial charge in [-0.15, -0.1) is 0 Å². The molecule has 0 saturated heterocycles. The first kappa shape index (κ1) is 15.3. The predicted octanol–water partition coefficient (Wildman–Crippen LogP) is 4.86. The lowest BCUT2D eigenvalue weighted by Crippen LogP contribution is -2.17. The largest absolute Gasteiger partial charge is 0.391 e. The van der Waals surface area contributed by atoms with Gasteiger partial charge in [-0.3, -0.25) is 4.99 Å². The van der Waals surface area contributed by atoms with Crippen molar-refractivity contribution in [1.82, 2.24) is 0 Å². The first-order chi connectivity index (χ1) is 9.96. The third-order valence-electron chi connectivity index (χ3n) is 2.97. The first-order valence-electron chi connectivity index (χ1n) is 6.71. The summed E-state index contributed by atoms with van der Waals surface area (Å²) in [7, 11) is 0. The molecule has 1 nitrogen and oxygen atoms in total. The zero-order valence-corrected chi connectivity index (χ0v) is 11.6. The van der Waals surface area contributed by atoms with Crippen LogP contribution in [0.15, 0.2) is 65.7 Å². The molecule has 0 radical (unpaired) electrons. The minimum absolute atomic E-state index is 0.591. The average Bonchev–Trinajstić information content (AvgIpc) is 2.45. The van der Waals surface area contributed by atoms with Crippen molar-refractivity contribution in [3.8, 4) is 0 Å². The highest BCUT2D eigenvalue weighted by Gasteiger charge is 2.30. The van der Waals surface area contributed by atoms with Gasteiger partial charge in [0.15, 0.2) is 0 Å². The fraction of sp³-hybridized carbons (Fsp3) is 0.235. The summed E-state index contributed by atoms with van der Waals surface area (Å²) in [5, 5.41) is 0. The molecule has 0 saturated carbocycles. The molecule has 2 aromatic carbocycles. The van der Waals surface area contributed by atoms with Crippen molar-refractivity contribution >= 4 is 5.71 Å². The molecule has 0 fully saturated rings. The monoisotopic (exact) mass is 291 g/mol. The van der Waals surface area contributed by atoms with Crippen LogP contribution in [0.2, 0.25) is 0 Å². The van der Waals surface area contributed by atoms with Crippen molar-refractivity contribution in [2.75, 3.05) is 0 Å². The molecule has 110 valence electrons. The van der Waals surface area contributed by atoms with E-state index in [4.69, 9.17) is 0 Å². The molecule has 21 heavy (non-hydrogen) atoms.